The summed E-state index contributed by atoms with van der Waals surface area (Å²) >= 11 is 5.55. The number of ether oxygens (including phenoxy) is 1. The second kappa shape index (κ2) is 5.61. The minimum absolute atomic E-state index is 0.00835. The van der Waals surface area contributed by atoms with E-state index in [4.69, 9.17) is 16.3 Å². The van der Waals surface area contributed by atoms with Gasteiger partial charge < -0.3 is 9.64 Å². The number of carbonyl (C=O) groups is 2. The standard InChI is InChI=1S/C14H16ClNO3/c1-3-11-8-16(9(2)17)12-6-10(13(18)7-15)4-5-14(12)19-11/h4-6,11H,3,7-8H2,1-2H3. The molecule has 2 rings (SSSR count). The van der Waals surface area contributed by atoms with Gasteiger partial charge in [-0.3, -0.25) is 9.59 Å². The van der Waals surface area contributed by atoms with Gasteiger partial charge in [-0.1, -0.05) is 6.92 Å². The zero-order chi connectivity index (χ0) is 14.0. The summed E-state index contributed by atoms with van der Waals surface area (Å²) in [6.45, 7) is 4.04. The summed E-state index contributed by atoms with van der Waals surface area (Å²) in [5, 5.41) is 0. The molecule has 5 heteroatoms. The maximum absolute atomic E-state index is 11.7. The summed E-state index contributed by atoms with van der Waals surface area (Å²) in [5.74, 6) is 0.348. The topological polar surface area (TPSA) is 46.6 Å². The van der Waals surface area contributed by atoms with Crippen molar-refractivity contribution < 1.29 is 14.3 Å². The van der Waals surface area contributed by atoms with Gasteiger partial charge in [0.1, 0.15) is 11.9 Å². The highest BCUT2D eigenvalue weighted by molar-refractivity contribution is 6.30. The minimum atomic E-state index is -0.161. The molecule has 1 amide bonds. The Hall–Kier alpha value is -1.55. The molecule has 0 bridgehead atoms. The number of anilines is 1. The first kappa shape index (κ1) is 13.9. The molecule has 102 valence electrons. The van der Waals surface area contributed by atoms with E-state index in [2.05, 4.69) is 0 Å². The van der Waals surface area contributed by atoms with Crippen LogP contribution in [0.15, 0.2) is 18.2 Å². The third-order valence-electron chi connectivity index (χ3n) is 3.21. The summed E-state index contributed by atoms with van der Waals surface area (Å²) in [7, 11) is 0. The Morgan fingerprint density at radius 3 is 2.79 bits per heavy atom. The van der Waals surface area contributed by atoms with Gasteiger partial charge in [0.2, 0.25) is 5.91 Å². The van der Waals surface area contributed by atoms with E-state index in [9.17, 15) is 9.59 Å². The van der Waals surface area contributed by atoms with Crippen LogP contribution in [0.25, 0.3) is 0 Å². The molecule has 0 radical (unpaired) electrons. The lowest BCUT2D eigenvalue weighted by molar-refractivity contribution is -0.117. The number of ketones is 1. The van der Waals surface area contributed by atoms with Gasteiger partial charge in [0, 0.05) is 12.5 Å². The number of fused-ring (bicyclic) bond motifs is 1. The smallest absolute Gasteiger partial charge is 0.224 e. The van der Waals surface area contributed by atoms with Crippen molar-refractivity contribution >= 4 is 29.0 Å². The van der Waals surface area contributed by atoms with Crippen LogP contribution in [0.5, 0.6) is 5.75 Å². The van der Waals surface area contributed by atoms with Crippen LogP contribution < -0.4 is 9.64 Å². The molecule has 1 heterocycles. The lowest BCUT2D eigenvalue weighted by Gasteiger charge is -2.34. The Morgan fingerprint density at radius 2 is 2.21 bits per heavy atom. The van der Waals surface area contributed by atoms with E-state index in [-0.39, 0.29) is 23.7 Å². The fraction of sp³-hybridized carbons (Fsp3) is 0.429. The molecule has 1 aromatic rings. The number of nitrogens with zero attached hydrogens (tertiary/aromatic N) is 1. The number of alkyl halides is 1. The highest BCUT2D eigenvalue weighted by Crippen LogP contribution is 2.35. The van der Waals surface area contributed by atoms with Crippen molar-refractivity contribution in [1.29, 1.82) is 0 Å². The molecule has 0 saturated carbocycles. The number of Topliss-reactive ketones (excluding diaryl/α,β-unsaturated/α-hetero) is 1. The predicted molar refractivity (Wildman–Crippen MR) is 74.2 cm³/mol. The van der Waals surface area contributed by atoms with Gasteiger partial charge in [-0.25, -0.2) is 0 Å². The van der Waals surface area contributed by atoms with Gasteiger partial charge in [-0.2, -0.15) is 0 Å². The van der Waals surface area contributed by atoms with Crippen LogP contribution in [0.1, 0.15) is 30.6 Å². The van der Waals surface area contributed by atoms with E-state index in [1.165, 1.54) is 6.92 Å². The van der Waals surface area contributed by atoms with Crippen molar-refractivity contribution in [1.82, 2.24) is 0 Å². The first-order valence-electron chi connectivity index (χ1n) is 6.24. The molecule has 1 atom stereocenters. The van der Waals surface area contributed by atoms with Gasteiger partial charge in [0.25, 0.3) is 0 Å². The Kier molecular flexibility index (Phi) is 4.10. The molecule has 19 heavy (non-hydrogen) atoms. The van der Waals surface area contributed by atoms with E-state index >= 15 is 0 Å². The molecule has 0 spiro atoms. The molecule has 1 aromatic carbocycles. The Bertz CT molecular complexity index is 515. The predicted octanol–water partition coefficient (Wildman–Crippen LogP) is 2.63. The van der Waals surface area contributed by atoms with E-state index in [1.54, 1.807) is 23.1 Å². The molecule has 1 aliphatic heterocycles. The zero-order valence-electron chi connectivity index (χ0n) is 11.0. The molecule has 0 saturated heterocycles. The lowest BCUT2D eigenvalue weighted by Crippen LogP contribution is -2.42. The highest BCUT2D eigenvalue weighted by Gasteiger charge is 2.27. The normalized spacial score (nSPS) is 17.6. The Labute approximate surface area is 117 Å². The van der Waals surface area contributed by atoms with Gasteiger partial charge in [-0.15, -0.1) is 11.6 Å². The van der Waals surface area contributed by atoms with Crippen molar-refractivity contribution in [2.24, 2.45) is 0 Å². The second-order valence-electron chi connectivity index (χ2n) is 4.52. The number of carbonyl (C=O) groups excluding carboxylic acids is 2. The summed E-state index contributed by atoms with van der Waals surface area (Å²) in [6.07, 6.45) is 0.817. The van der Waals surface area contributed by atoms with Crippen LogP contribution >= 0.6 is 11.6 Å². The van der Waals surface area contributed by atoms with Crippen LogP contribution in [0.4, 0.5) is 5.69 Å². The number of hydrogen-bond donors (Lipinski definition) is 0. The van der Waals surface area contributed by atoms with E-state index in [1.807, 2.05) is 6.92 Å². The molecular formula is C14H16ClNO3. The summed E-state index contributed by atoms with van der Waals surface area (Å²) < 4.78 is 5.79. The number of hydrogen-bond acceptors (Lipinski definition) is 3. The lowest BCUT2D eigenvalue weighted by atomic mass is 10.1. The highest BCUT2D eigenvalue weighted by atomic mass is 35.5. The quantitative estimate of drug-likeness (QED) is 0.632. The van der Waals surface area contributed by atoms with Crippen molar-refractivity contribution in [2.75, 3.05) is 17.3 Å². The Morgan fingerprint density at radius 1 is 1.47 bits per heavy atom. The summed E-state index contributed by atoms with van der Waals surface area (Å²) in [5.41, 5.74) is 1.15. The largest absolute Gasteiger partial charge is 0.486 e. The molecular weight excluding hydrogens is 266 g/mol. The Balaban J connectivity index is 2.43. The fourth-order valence-electron chi connectivity index (χ4n) is 2.11. The van der Waals surface area contributed by atoms with Crippen LogP contribution in [-0.4, -0.2) is 30.2 Å². The third-order valence-corrected chi connectivity index (χ3v) is 3.45. The van der Waals surface area contributed by atoms with Crippen molar-refractivity contribution in [3.05, 3.63) is 23.8 Å². The van der Waals surface area contributed by atoms with Crippen molar-refractivity contribution in [3.63, 3.8) is 0 Å². The number of rotatable bonds is 3. The number of amides is 1. The average Bonchev–Trinajstić information content (AvgIpc) is 2.44. The third kappa shape index (κ3) is 2.73. The van der Waals surface area contributed by atoms with Gasteiger partial charge in [0.15, 0.2) is 5.78 Å². The molecule has 0 aliphatic carbocycles. The van der Waals surface area contributed by atoms with Crippen LogP contribution in [0.3, 0.4) is 0 Å². The molecule has 0 aromatic heterocycles. The number of halogens is 1. The molecule has 1 aliphatic rings. The maximum atomic E-state index is 11.7. The first-order chi connectivity index (χ1) is 9.06. The van der Waals surface area contributed by atoms with E-state index in [0.29, 0.717) is 23.5 Å². The van der Waals surface area contributed by atoms with Crippen LogP contribution in [-0.2, 0) is 4.79 Å². The average molecular weight is 282 g/mol. The van der Waals surface area contributed by atoms with Gasteiger partial charge in [-0.05, 0) is 24.6 Å². The minimum Gasteiger partial charge on any atom is -0.486 e. The van der Waals surface area contributed by atoms with Crippen molar-refractivity contribution in [2.45, 2.75) is 26.4 Å². The van der Waals surface area contributed by atoms with E-state index in [0.717, 1.165) is 6.42 Å². The molecule has 0 fully saturated rings. The second-order valence-corrected chi connectivity index (χ2v) is 4.78. The zero-order valence-corrected chi connectivity index (χ0v) is 11.7. The molecule has 4 nitrogen and oxygen atoms in total. The van der Waals surface area contributed by atoms with Crippen LogP contribution in [0, 0.1) is 0 Å². The van der Waals surface area contributed by atoms with Gasteiger partial charge >= 0.3 is 0 Å². The van der Waals surface area contributed by atoms with Gasteiger partial charge in [0.05, 0.1) is 18.1 Å². The first-order valence-corrected chi connectivity index (χ1v) is 6.78. The summed E-state index contributed by atoms with van der Waals surface area (Å²) in [6, 6.07) is 5.08. The monoisotopic (exact) mass is 281 g/mol. The van der Waals surface area contributed by atoms with E-state index < -0.39 is 0 Å². The SMILES string of the molecule is CCC1CN(C(C)=O)c2cc(C(=O)CCl)ccc2O1. The fourth-order valence-corrected chi connectivity index (χ4v) is 2.26. The van der Waals surface area contributed by atoms with Crippen molar-refractivity contribution in [3.8, 4) is 5.75 Å². The molecule has 1 unspecified atom stereocenters. The molecule has 0 N–H and O–H groups in total. The number of benzene rings is 1. The summed E-state index contributed by atoms with van der Waals surface area (Å²) in [4.78, 5) is 25.0. The van der Waals surface area contributed by atoms with Crippen LogP contribution in [0.2, 0.25) is 0 Å². The maximum Gasteiger partial charge on any atom is 0.224 e.